The van der Waals surface area contributed by atoms with Gasteiger partial charge in [0.1, 0.15) is 12.7 Å². The zero-order valence-electron chi connectivity index (χ0n) is 8.08. The van der Waals surface area contributed by atoms with Crippen molar-refractivity contribution in [2.24, 2.45) is 0 Å². The van der Waals surface area contributed by atoms with Crippen molar-refractivity contribution < 1.29 is 0 Å². The standard InChI is InChI=1S/C10H8N4S/c1-15-14-6-13-9-3-8-7(2-10(9)14)4-11-5-12-8/h2-6H,1H3. The van der Waals surface area contributed by atoms with Crippen LogP contribution >= 0.6 is 11.9 Å². The van der Waals surface area contributed by atoms with E-state index in [9.17, 15) is 0 Å². The summed E-state index contributed by atoms with van der Waals surface area (Å²) in [7, 11) is 0. The van der Waals surface area contributed by atoms with Gasteiger partial charge in [0.25, 0.3) is 0 Å². The average molecular weight is 216 g/mol. The number of rotatable bonds is 1. The molecule has 0 aliphatic heterocycles. The van der Waals surface area contributed by atoms with Crippen LogP contribution in [0.1, 0.15) is 0 Å². The first-order chi connectivity index (χ1) is 7.38. The molecule has 0 aliphatic rings. The van der Waals surface area contributed by atoms with Crippen LogP contribution in [-0.4, -0.2) is 25.2 Å². The Morgan fingerprint density at radius 1 is 1.20 bits per heavy atom. The molecule has 0 amide bonds. The summed E-state index contributed by atoms with van der Waals surface area (Å²) in [5, 5.41) is 1.04. The van der Waals surface area contributed by atoms with Crippen molar-refractivity contribution in [1.82, 2.24) is 18.9 Å². The maximum atomic E-state index is 4.32. The van der Waals surface area contributed by atoms with Gasteiger partial charge in [0, 0.05) is 17.8 Å². The van der Waals surface area contributed by atoms with Gasteiger partial charge >= 0.3 is 0 Å². The Bertz CT molecular complexity index is 631. The van der Waals surface area contributed by atoms with Gasteiger partial charge in [-0.3, -0.25) is 3.97 Å². The Balaban J connectivity index is 2.45. The fourth-order valence-electron chi connectivity index (χ4n) is 1.61. The van der Waals surface area contributed by atoms with Crippen molar-refractivity contribution in [1.29, 1.82) is 0 Å². The first kappa shape index (κ1) is 8.67. The van der Waals surface area contributed by atoms with Crippen LogP contribution in [0.2, 0.25) is 0 Å². The molecule has 0 aliphatic carbocycles. The Morgan fingerprint density at radius 2 is 2.13 bits per heavy atom. The molecule has 74 valence electrons. The molecule has 4 nitrogen and oxygen atoms in total. The highest BCUT2D eigenvalue weighted by Gasteiger charge is 2.04. The summed E-state index contributed by atoms with van der Waals surface area (Å²) in [5.74, 6) is 0. The van der Waals surface area contributed by atoms with E-state index in [4.69, 9.17) is 0 Å². The molecular formula is C10H8N4S. The van der Waals surface area contributed by atoms with E-state index in [0.29, 0.717) is 0 Å². The van der Waals surface area contributed by atoms with Gasteiger partial charge in [-0.1, -0.05) is 0 Å². The molecule has 0 N–H and O–H groups in total. The van der Waals surface area contributed by atoms with Gasteiger partial charge in [-0.15, -0.1) is 0 Å². The van der Waals surface area contributed by atoms with Gasteiger partial charge in [-0.25, -0.2) is 15.0 Å². The van der Waals surface area contributed by atoms with E-state index in [0.717, 1.165) is 21.9 Å². The number of imidazole rings is 1. The number of hydrogen-bond acceptors (Lipinski definition) is 4. The Hall–Kier alpha value is -1.62. The maximum Gasteiger partial charge on any atom is 0.116 e. The van der Waals surface area contributed by atoms with E-state index in [-0.39, 0.29) is 0 Å². The molecule has 0 atom stereocenters. The van der Waals surface area contributed by atoms with Crippen molar-refractivity contribution in [3.63, 3.8) is 0 Å². The van der Waals surface area contributed by atoms with Crippen LogP contribution in [0.15, 0.2) is 31.0 Å². The predicted molar refractivity (Wildman–Crippen MR) is 61.7 cm³/mol. The van der Waals surface area contributed by atoms with Gasteiger partial charge in [0.15, 0.2) is 0 Å². The molecule has 1 aromatic carbocycles. The van der Waals surface area contributed by atoms with E-state index in [1.54, 1.807) is 18.3 Å². The molecule has 0 fully saturated rings. The third kappa shape index (κ3) is 1.27. The molecule has 5 heteroatoms. The summed E-state index contributed by atoms with van der Waals surface area (Å²) in [6, 6.07) is 4.05. The summed E-state index contributed by atoms with van der Waals surface area (Å²) in [6.07, 6.45) is 7.22. The highest BCUT2D eigenvalue weighted by Crippen LogP contribution is 2.21. The van der Waals surface area contributed by atoms with Crippen molar-refractivity contribution in [2.45, 2.75) is 0 Å². The molecule has 0 bridgehead atoms. The fourth-order valence-corrected chi connectivity index (χ4v) is 2.09. The normalized spacial score (nSPS) is 11.3. The lowest BCUT2D eigenvalue weighted by molar-refractivity contribution is 1.22. The summed E-state index contributed by atoms with van der Waals surface area (Å²) in [5.41, 5.74) is 3.00. The van der Waals surface area contributed by atoms with Crippen molar-refractivity contribution in [2.75, 3.05) is 6.26 Å². The minimum atomic E-state index is 0.934. The molecule has 0 radical (unpaired) electrons. The van der Waals surface area contributed by atoms with Crippen LogP contribution in [0.4, 0.5) is 0 Å². The molecule has 0 saturated heterocycles. The summed E-state index contributed by atoms with van der Waals surface area (Å²) >= 11 is 1.63. The van der Waals surface area contributed by atoms with Gasteiger partial charge in [0.2, 0.25) is 0 Å². The Kier molecular flexibility index (Phi) is 1.85. The topological polar surface area (TPSA) is 43.6 Å². The number of aromatic nitrogens is 4. The summed E-state index contributed by atoms with van der Waals surface area (Å²) in [6.45, 7) is 0. The predicted octanol–water partition coefficient (Wildman–Crippen LogP) is 2.11. The van der Waals surface area contributed by atoms with Crippen LogP contribution in [0.5, 0.6) is 0 Å². The molecule has 3 rings (SSSR count). The smallest absolute Gasteiger partial charge is 0.116 e. The van der Waals surface area contributed by atoms with E-state index >= 15 is 0 Å². The third-order valence-corrected chi connectivity index (χ3v) is 3.02. The third-order valence-electron chi connectivity index (χ3n) is 2.34. The zero-order chi connectivity index (χ0) is 10.3. The number of hydrogen-bond donors (Lipinski definition) is 0. The van der Waals surface area contributed by atoms with E-state index in [1.165, 1.54) is 0 Å². The molecule has 2 aromatic heterocycles. The zero-order valence-corrected chi connectivity index (χ0v) is 8.90. The van der Waals surface area contributed by atoms with Crippen LogP contribution in [-0.2, 0) is 0 Å². The van der Waals surface area contributed by atoms with Crippen molar-refractivity contribution >= 4 is 33.9 Å². The van der Waals surface area contributed by atoms with Gasteiger partial charge in [-0.2, -0.15) is 0 Å². The molecule has 0 unspecified atom stereocenters. The first-order valence-electron chi connectivity index (χ1n) is 4.50. The summed E-state index contributed by atoms with van der Waals surface area (Å²) in [4.78, 5) is 12.5. The minimum absolute atomic E-state index is 0.934. The number of fused-ring (bicyclic) bond motifs is 2. The van der Waals surface area contributed by atoms with Crippen molar-refractivity contribution in [3.05, 3.63) is 31.0 Å². The van der Waals surface area contributed by atoms with Crippen LogP contribution < -0.4 is 0 Å². The van der Waals surface area contributed by atoms with E-state index < -0.39 is 0 Å². The van der Waals surface area contributed by atoms with Crippen LogP contribution in [0, 0.1) is 0 Å². The molecule has 0 saturated carbocycles. The van der Waals surface area contributed by atoms with Crippen molar-refractivity contribution in [3.8, 4) is 0 Å². The Morgan fingerprint density at radius 3 is 3.00 bits per heavy atom. The lowest BCUT2D eigenvalue weighted by atomic mass is 10.2. The second-order valence-corrected chi connectivity index (χ2v) is 3.93. The molecular weight excluding hydrogens is 208 g/mol. The maximum absolute atomic E-state index is 4.32. The molecule has 15 heavy (non-hydrogen) atoms. The number of nitrogens with zero attached hydrogens (tertiary/aromatic N) is 4. The molecule has 0 spiro atoms. The average Bonchev–Trinajstić information content (AvgIpc) is 2.68. The summed E-state index contributed by atoms with van der Waals surface area (Å²) < 4.78 is 2.03. The molecule has 2 heterocycles. The minimum Gasteiger partial charge on any atom is -0.272 e. The highest BCUT2D eigenvalue weighted by atomic mass is 32.2. The SMILES string of the molecule is CSn1cnc2cc3ncncc3cc21. The van der Waals surface area contributed by atoms with Gasteiger partial charge in [0.05, 0.1) is 16.6 Å². The van der Waals surface area contributed by atoms with E-state index in [2.05, 4.69) is 21.0 Å². The van der Waals surface area contributed by atoms with Gasteiger partial charge in [-0.05, 0) is 24.1 Å². The second kappa shape index (κ2) is 3.20. The second-order valence-electron chi connectivity index (χ2n) is 3.18. The molecule has 3 aromatic rings. The lowest BCUT2D eigenvalue weighted by Crippen LogP contribution is -1.84. The highest BCUT2D eigenvalue weighted by molar-refractivity contribution is 7.97. The van der Waals surface area contributed by atoms with Gasteiger partial charge < -0.3 is 0 Å². The number of benzene rings is 1. The first-order valence-corrected chi connectivity index (χ1v) is 5.68. The Labute approximate surface area is 90.5 Å². The monoisotopic (exact) mass is 216 g/mol. The fraction of sp³-hybridized carbons (Fsp3) is 0.100. The lowest BCUT2D eigenvalue weighted by Gasteiger charge is -1.99. The van der Waals surface area contributed by atoms with Crippen LogP contribution in [0.25, 0.3) is 21.9 Å². The largest absolute Gasteiger partial charge is 0.272 e. The van der Waals surface area contributed by atoms with Crippen LogP contribution in [0.3, 0.4) is 0 Å². The van der Waals surface area contributed by atoms with E-state index in [1.807, 2.05) is 28.8 Å². The quantitative estimate of drug-likeness (QED) is 0.625.